The van der Waals surface area contributed by atoms with E-state index in [0.717, 1.165) is 10.7 Å². The molecule has 3 heterocycles. The number of aromatic nitrogens is 5. The summed E-state index contributed by atoms with van der Waals surface area (Å²) < 4.78 is 1.90. The van der Waals surface area contributed by atoms with Crippen LogP contribution in [0.15, 0.2) is 24.0 Å². The van der Waals surface area contributed by atoms with Crippen molar-refractivity contribution in [2.24, 2.45) is 0 Å². The Bertz CT molecular complexity index is 595. The van der Waals surface area contributed by atoms with Crippen LogP contribution in [0, 0.1) is 0 Å². The molecule has 0 spiro atoms. The number of Topliss-reactive ketones (excluding diaryl/α,β-unsaturated/α-hetero) is 1. The summed E-state index contributed by atoms with van der Waals surface area (Å²) in [7, 11) is 0. The molecule has 0 atom stereocenters. The van der Waals surface area contributed by atoms with Crippen LogP contribution < -0.4 is 0 Å². The van der Waals surface area contributed by atoms with Gasteiger partial charge in [0.25, 0.3) is 0 Å². The third kappa shape index (κ3) is 1.50. The quantitative estimate of drug-likeness (QED) is 0.683. The predicted octanol–water partition coefficient (Wildman–Crippen LogP) is 0.939. The Hall–Kier alpha value is -2.02. The van der Waals surface area contributed by atoms with Crippen LogP contribution in [0.25, 0.3) is 4.96 Å². The van der Waals surface area contributed by atoms with E-state index >= 15 is 0 Å². The minimum Gasteiger partial charge on any atom is -0.297 e. The van der Waals surface area contributed by atoms with Gasteiger partial charge < -0.3 is 0 Å². The highest BCUT2D eigenvalue weighted by Gasteiger charge is 2.12. The third-order valence-electron chi connectivity index (χ3n) is 2.19. The minimum atomic E-state index is -0.0838. The highest BCUT2D eigenvalue weighted by atomic mass is 32.1. The molecule has 0 aromatic carbocycles. The molecule has 3 rings (SSSR count). The Morgan fingerprint density at radius 3 is 3.25 bits per heavy atom. The van der Waals surface area contributed by atoms with Crippen LogP contribution in [0.5, 0.6) is 0 Å². The molecule has 0 radical (unpaired) electrons. The molecule has 3 aromatic rings. The van der Waals surface area contributed by atoms with Gasteiger partial charge >= 0.3 is 0 Å². The van der Waals surface area contributed by atoms with Crippen molar-refractivity contribution in [1.29, 1.82) is 0 Å². The summed E-state index contributed by atoms with van der Waals surface area (Å²) in [6.07, 6.45) is 5.43. The Morgan fingerprint density at radius 2 is 2.50 bits per heavy atom. The fraction of sp³-hybridized carbons (Fsp3) is 0.111. The van der Waals surface area contributed by atoms with Gasteiger partial charge in [0.15, 0.2) is 10.7 Å². The zero-order chi connectivity index (χ0) is 11.0. The van der Waals surface area contributed by atoms with Crippen molar-refractivity contribution in [2.45, 2.75) is 6.42 Å². The van der Waals surface area contributed by atoms with Crippen molar-refractivity contribution in [1.82, 2.24) is 24.8 Å². The first-order valence-electron chi connectivity index (χ1n) is 4.63. The van der Waals surface area contributed by atoms with Crippen LogP contribution in [-0.4, -0.2) is 30.6 Å². The van der Waals surface area contributed by atoms with Gasteiger partial charge in [-0.15, -0.1) is 11.3 Å². The van der Waals surface area contributed by atoms with E-state index < -0.39 is 0 Å². The number of hydrogen-bond acceptors (Lipinski definition) is 5. The second kappa shape index (κ2) is 3.53. The van der Waals surface area contributed by atoms with E-state index in [1.54, 1.807) is 0 Å². The molecule has 0 aliphatic rings. The highest BCUT2D eigenvalue weighted by Crippen LogP contribution is 2.12. The van der Waals surface area contributed by atoms with Gasteiger partial charge in [-0.25, -0.2) is 4.98 Å². The second-order valence-electron chi connectivity index (χ2n) is 3.28. The zero-order valence-electron chi connectivity index (χ0n) is 8.12. The SMILES string of the molecule is O=C(Cc1cn2ccsc2n1)c1cn[nH]n1. The first kappa shape index (κ1) is 9.22. The number of nitrogens with zero attached hydrogens (tertiary/aromatic N) is 4. The molecule has 0 unspecified atom stereocenters. The number of nitrogens with one attached hydrogen (secondary N) is 1. The Labute approximate surface area is 93.9 Å². The highest BCUT2D eigenvalue weighted by molar-refractivity contribution is 7.15. The lowest BCUT2D eigenvalue weighted by Crippen LogP contribution is -2.04. The summed E-state index contributed by atoms with van der Waals surface area (Å²) in [4.78, 5) is 16.9. The average molecular weight is 233 g/mol. The van der Waals surface area contributed by atoms with E-state index in [2.05, 4.69) is 20.4 Å². The van der Waals surface area contributed by atoms with Crippen LogP contribution in [0.2, 0.25) is 0 Å². The summed E-state index contributed by atoms with van der Waals surface area (Å²) in [5.74, 6) is -0.0838. The average Bonchev–Trinajstić information content (AvgIpc) is 2.91. The maximum Gasteiger partial charge on any atom is 0.193 e. The molecule has 0 bridgehead atoms. The largest absolute Gasteiger partial charge is 0.297 e. The van der Waals surface area contributed by atoms with Gasteiger partial charge in [-0.2, -0.15) is 15.4 Å². The van der Waals surface area contributed by atoms with Crippen LogP contribution in [0.3, 0.4) is 0 Å². The number of imidazole rings is 1. The number of thiazole rings is 1. The molecule has 1 N–H and O–H groups in total. The molecule has 7 heteroatoms. The lowest BCUT2D eigenvalue weighted by Gasteiger charge is -1.91. The lowest BCUT2D eigenvalue weighted by atomic mass is 10.2. The number of ketones is 1. The Kier molecular flexibility index (Phi) is 2.03. The Morgan fingerprint density at radius 1 is 1.56 bits per heavy atom. The van der Waals surface area contributed by atoms with Crippen LogP contribution >= 0.6 is 11.3 Å². The predicted molar refractivity (Wildman–Crippen MR) is 57.5 cm³/mol. The fourth-order valence-electron chi connectivity index (χ4n) is 1.45. The molecule has 6 nitrogen and oxygen atoms in total. The minimum absolute atomic E-state index is 0.0838. The van der Waals surface area contributed by atoms with Crippen molar-refractivity contribution in [2.75, 3.05) is 0 Å². The standard InChI is InChI=1S/C9H7N5OS/c15-8(7-4-10-13-12-7)3-6-5-14-1-2-16-9(14)11-6/h1-2,4-5H,3H2,(H,10,12,13). The number of H-pyrrole nitrogens is 1. The normalized spacial score (nSPS) is 11.0. The number of rotatable bonds is 3. The van der Waals surface area contributed by atoms with E-state index in [4.69, 9.17) is 0 Å². The second-order valence-corrected chi connectivity index (χ2v) is 4.15. The van der Waals surface area contributed by atoms with Crippen molar-refractivity contribution >= 4 is 22.1 Å². The number of hydrogen-bond donors (Lipinski definition) is 1. The van der Waals surface area contributed by atoms with Gasteiger partial charge in [-0.1, -0.05) is 0 Å². The molecule has 0 aliphatic carbocycles. The zero-order valence-corrected chi connectivity index (χ0v) is 8.94. The molecule has 0 saturated carbocycles. The molecule has 0 amide bonds. The van der Waals surface area contributed by atoms with Gasteiger partial charge in [0.2, 0.25) is 0 Å². The van der Waals surface area contributed by atoms with Crippen molar-refractivity contribution in [3.8, 4) is 0 Å². The first-order chi connectivity index (χ1) is 7.83. The van der Waals surface area contributed by atoms with E-state index in [1.807, 2.05) is 22.2 Å². The van der Waals surface area contributed by atoms with Crippen molar-refractivity contribution in [3.63, 3.8) is 0 Å². The first-order valence-corrected chi connectivity index (χ1v) is 5.51. The number of carbonyl (C=O) groups is 1. The van der Waals surface area contributed by atoms with Gasteiger partial charge in [-0.3, -0.25) is 9.20 Å². The summed E-state index contributed by atoms with van der Waals surface area (Å²) in [6, 6.07) is 0. The smallest absolute Gasteiger partial charge is 0.193 e. The van der Waals surface area contributed by atoms with Gasteiger partial charge in [0.1, 0.15) is 5.69 Å². The molecule has 0 aliphatic heterocycles. The molecule has 80 valence electrons. The lowest BCUT2D eigenvalue weighted by molar-refractivity contribution is 0.0987. The fourth-order valence-corrected chi connectivity index (χ4v) is 2.17. The summed E-state index contributed by atoms with van der Waals surface area (Å²) in [6.45, 7) is 0. The summed E-state index contributed by atoms with van der Waals surface area (Å²) in [5, 5.41) is 11.7. The molecule has 3 aromatic heterocycles. The number of fused-ring (bicyclic) bond motifs is 1. The van der Waals surface area contributed by atoms with Gasteiger partial charge in [0.05, 0.1) is 18.3 Å². The third-order valence-corrected chi connectivity index (χ3v) is 2.96. The van der Waals surface area contributed by atoms with E-state index in [-0.39, 0.29) is 12.2 Å². The van der Waals surface area contributed by atoms with E-state index in [1.165, 1.54) is 17.5 Å². The van der Waals surface area contributed by atoms with E-state index in [9.17, 15) is 4.79 Å². The molecule has 0 fully saturated rings. The van der Waals surface area contributed by atoms with Crippen molar-refractivity contribution < 1.29 is 4.79 Å². The van der Waals surface area contributed by atoms with Gasteiger partial charge in [0, 0.05) is 17.8 Å². The molecule has 0 saturated heterocycles. The monoisotopic (exact) mass is 233 g/mol. The number of aromatic amines is 1. The number of carbonyl (C=O) groups excluding carboxylic acids is 1. The van der Waals surface area contributed by atoms with E-state index in [0.29, 0.717) is 5.69 Å². The summed E-state index contributed by atoms with van der Waals surface area (Å²) >= 11 is 1.54. The van der Waals surface area contributed by atoms with Crippen molar-refractivity contribution in [3.05, 3.63) is 35.4 Å². The Balaban J connectivity index is 1.85. The van der Waals surface area contributed by atoms with Crippen LogP contribution in [0.4, 0.5) is 0 Å². The maximum atomic E-state index is 11.7. The maximum absolute atomic E-state index is 11.7. The molecular formula is C9H7N5OS. The molecular weight excluding hydrogens is 226 g/mol. The molecule has 16 heavy (non-hydrogen) atoms. The van der Waals surface area contributed by atoms with Gasteiger partial charge in [-0.05, 0) is 0 Å². The van der Waals surface area contributed by atoms with Crippen LogP contribution in [-0.2, 0) is 6.42 Å². The summed E-state index contributed by atoms with van der Waals surface area (Å²) in [5.41, 5.74) is 1.09. The van der Waals surface area contributed by atoms with Crippen LogP contribution in [0.1, 0.15) is 16.2 Å². The topological polar surface area (TPSA) is 75.9 Å².